The van der Waals surface area contributed by atoms with E-state index in [1.54, 1.807) is 29.4 Å². The van der Waals surface area contributed by atoms with Crippen LogP contribution in [0.2, 0.25) is 0 Å². The van der Waals surface area contributed by atoms with Gasteiger partial charge in [-0.3, -0.25) is 4.79 Å². The molecule has 0 saturated heterocycles. The smallest absolute Gasteiger partial charge is 0.237 e. The Hall–Kier alpha value is -2.05. The first-order valence-corrected chi connectivity index (χ1v) is 9.52. The minimum atomic E-state index is -0.153. The van der Waals surface area contributed by atoms with Crippen molar-refractivity contribution in [2.75, 3.05) is 5.32 Å². The lowest BCUT2D eigenvalue weighted by Gasteiger charge is -2.11. The molecule has 0 aliphatic heterocycles. The molecule has 1 amide bonds. The third-order valence-corrected chi connectivity index (χ3v) is 5.50. The van der Waals surface area contributed by atoms with Crippen molar-refractivity contribution in [3.05, 3.63) is 59.3 Å². The maximum Gasteiger partial charge on any atom is 0.237 e. The van der Waals surface area contributed by atoms with Gasteiger partial charge < -0.3 is 9.73 Å². The molecule has 1 atom stereocenters. The van der Waals surface area contributed by atoms with Crippen molar-refractivity contribution in [1.82, 2.24) is 4.98 Å². The summed E-state index contributed by atoms with van der Waals surface area (Å²) in [5, 5.41) is 5.68. The minimum absolute atomic E-state index is 0.00656. The summed E-state index contributed by atoms with van der Waals surface area (Å²) in [4.78, 5) is 16.8. The molecule has 2 heterocycles. The number of carbonyl (C=O) groups is 1. The quantitative estimate of drug-likeness (QED) is 0.676. The highest BCUT2D eigenvalue weighted by Crippen LogP contribution is 2.27. The summed E-state index contributed by atoms with van der Waals surface area (Å²) in [5.41, 5.74) is 2.92. The molecule has 0 radical (unpaired) electrons. The van der Waals surface area contributed by atoms with E-state index in [-0.39, 0.29) is 11.2 Å². The second-order valence-electron chi connectivity index (χ2n) is 5.43. The molecule has 4 nitrogen and oxygen atoms in total. The highest BCUT2D eigenvalue weighted by atomic mass is 32.2. The van der Waals surface area contributed by atoms with Crippen LogP contribution in [-0.2, 0) is 10.5 Å². The molecule has 0 aliphatic carbocycles. The number of furan rings is 1. The van der Waals surface area contributed by atoms with Crippen LogP contribution < -0.4 is 5.32 Å². The number of hydrogen-bond acceptors (Lipinski definition) is 5. The van der Waals surface area contributed by atoms with E-state index in [0.717, 1.165) is 27.7 Å². The van der Waals surface area contributed by atoms with Crippen molar-refractivity contribution in [3.8, 4) is 10.8 Å². The lowest BCUT2D eigenvalue weighted by atomic mass is 10.2. The van der Waals surface area contributed by atoms with Crippen LogP contribution in [0.4, 0.5) is 5.69 Å². The summed E-state index contributed by atoms with van der Waals surface area (Å²) in [5.74, 6) is 1.48. The number of thioether (sulfide) groups is 1. The van der Waals surface area contributed by atoms with Gasteiger partial charge in [0.15, 0.2) is 10.8 Å². The molecule has 2 aromatic heterocycles. The van der Waals surface area contributed by atoms with Gasteiger partial charge in [0.05, 0.1) is 17.2 Å². The van der Waals surface area contributed by atoms with Crippen LogP contribution in [0.3, 0.4) is 0 Å². The predicted molar refractivity (Wildman–Crippen MR) is 100 cm³/mol. The minimum Gasteiger partial charge on any atom is -0.462 e. The van der Waals surface area contributed by atoms with Crippen LogP contribution in [0.25, 0.3) is 10.8 Å². The average Bonchev–Trinajstić information content (AvgIpc) is 3.23. The number of aryl methyl sites for hydroxylation is 1. The van der Waals surface area contributed by atoms with Gasteiger partial charge in [0.2, 0.25) is 5.91 Å². The van der Waals surface area contributed by atoms with Crippen LogP contribution in [0, 0.1) is 6.92 Å². The van der Waals surface area contributed by atoms with Gasteiger partial charge >= 0.3 is 0 Å². The molecule has 6 heteroatoms. The summed E-state index contributed by atoms with van der Waals surface area (Å²) in [6.07, 6.45) is 1.64. The number of anilines is 1. The number of rotatable bonds is 6. The summed E-state index contributed by atoms with van der Waals surface area (Å²) in [6.45, 7) is 3.92. The zero-order valence-electron chi connectivity index (χ0n) is 13.5. The second kappa shape index (κ2) is 7.68. The zero-order valence-corrected chi connectivity index (χ0v) is 15.1. The van der Waals surface area contributed by atoms with E-state index in [1.165, 1.54) is 0 Å². The van der Waals surface area contributed by atoms with E-state index in [4.69, 9.17) is 4.42 Å². The maximum absolute atomic E-state index is 12.3. The van der Waals surface area contributed by atoms with E-state index >= 15 is 0 Å². The largest absolute Gasteiger partial charge is 0.462 e. The number of nitrogens with one attached hydrogen (secondary N) is 1. The van der Waals surface area contributed by atoms with Crippen LogP contribution in [0.5, 0.6) is 0 Å². The van der Waals surface area contributed by atoms with Crippen molar-refractivity contribution in [2.45, 2.75) is 24.9 Å². The summed E-state index contributed by atoms with van der Waals surface area (Å²) in [7, 11) is 0. The maximum atomic E-state index is 12.3. The number of aromatic nitrogens is 1. The molecule has 0 aliphatic rings. The summed E-state index contributed by atoms with van der Waals surface area (Å²) < 4.78 is 5.35. The van der Waals surface area contributed by atoms with Gasteiger partial charge in [-0.05, 0) is 43.7 Å². The van der Waals surface area contributed by atoms with Gasteiger partial charge in [-0.25, -0.2) is 4.98 Å². The van der Waals surface area contributed by atoms with Gasteiger partial charge in [-0.2, -0.15) is 0 Å². The number of carbonyl (C=O) groups excluding carboxylic acids is 1. The summed E-state index contributed by atoms with van der Waals surface area (Å²) >= 11 is 3.13. The number of thiazole rings is 1. The molecule has 1 N–H and O–H groups in total. The fourth-order valence-corrected chi connectivity index (χ4v) is 3.81. The first-order valence-electron chi connectivity index (χ1n) is 7.59. The Kier molecular flexibility index (Phi) is 5.37. The Morgan fingerprint density at radius 1 is 1.38 bits per heavy atom. The van der Waals surface area contributed by atoms with E-state index < -0.39 is 0 Å². The number of amides is 1. The Morgan fingerprint density at radius 2 is 2.25 bits per heavy atom. The Bertz CT molecular complexity index is 812. The average molecular weight is 358 g/mol. The van der Waals surface area contributed by atoms with Gasteiger partial charge in [0.25, 0.3) is 0 Å². The normalized spacial score (nSPS) is 12.1. The number of hydrogen-bond donors (Lipinski definition) is 1. The van der Waals surface area contributed by atoms with Crippen molar-refractivity contribution in [2.24, 2.45) is 0 Å². The third-order valence-electron chi connectivity index (χ3n) is 3.42. The molecule has 0 saturated carbocycles. The van der Waals surface area contributed by atoms with Crippen molar-refractivity contribution in [3.63, 3.8) is 0 Å². The third kappa shape index (κ3) is 4.27. The van der Waals surface area contributed by atoms with Crippen LogP contribution in [-0.4, -0.2) is 16.1 Å². The van der Waals surface area contributed by atoms with E-state index in [1.807, 2.05) is 55.6 Å². The van der Waals surface area contributed by atoms with E-state index in [9.17, 15) is 4.79 Å². The number of benzene rings is 1. The Balaban J connectivity index is 1.53. The molecule has 0 spiro atoms. The molecule has 0 unspecified atom stereocenters. The van der Waals surface area contributed by atoms with Crippen molar-refractivity contribution < 1.29 is 9.21 Å². The van der Waals surface area contributed by atoms with Crippen LogP contribution in [0.1, 0.15) is 18.2 Å². The monoisotopic (exact) mass is 358 g/mol. The summed E-state index contributed by atoms with van der Waals surface area (Å²) in [6, 6.07) is 11.6. The molecule has 124 valence electrons. The molecule has 3 aromatic rings. The van der Waals surface area contributed by atoms with E-state index in [2.05, 4.69) is 10.3 Å². The fraction of sp³-hybridized carbons (Fsp3) is 0.222. The molecule has 3 rings (SSSR count). The van der Waals surface area contributed by atoms with Gasteiger partial charge in [0, 0.05) is 16.8 Å². The Morgan fingerprint density at radius 3 is 3.00 bits per heavy atom. The SMILES string of the molecule is Cc1cccc(NC(=O)[C@H](C)SCc2csc(-c3ccco3)n2)c1. The zero-order chi connectivity index (χ0) is 16.9. The lowest BCUT2D eigenvalue weighted by Crippen LogP contribution is -2.22. The van der Waals surface area contributed by atoms with Crippen LogP contribution >= 0.6 is 23.1 Å². The van der Waals surface area contributed by atoms with Crippen molar-refractivity contribution in [1.29, 1.82) is 0 Å². The molecular weight excluding hydrogens is 340 g/mol. The van der Waals surface area contributed by atoms with Crippen molar-refractivity contribution >= 4 is 34.7 Å². The molecule has 0 bridgehead atoms. The van der Waals surface area contributed by atoms with Gasteiger partial charge in [0.1, 0.15) is 0 Å². The van der Waals surface area contributed by atoms with Gasteiger partial charge in [-0.1, -0.05) is 12.1 Å². The number of nitrogens with zero attached hydrogens (tertiary/aromatic N) is 1. The standard InChI is InChI=1S/C18H18N2O2S2/c1-12-5-3-6-14(9-12)19-17(21)13(2)23-10-15-11-24-18(20-15)16-7-4-8-22-16/h3-9,11,13H,10H2,1-2H3,(H,19,21)/t13-/m0/s1. The molecule has 24 heavy (non-hydrogen) atoms. The van der Waals surface area contributed by atoms with E-state index in [0.29, 0.717) is 5.75 Å². The Labute approximate surface area is 149 Å². The van der Waals surface area contributed by atoms with Gasteiger partial charge in [-0.15, -0.1) is 23.1 Å². The first kappa shape index (κ1) is 16.8. The topological polar surface area (TPSA) is 55.1 Å². The molecule has 0 fully saturated rings. The molecule has 1 aromatic carbocycles. The lowest BCUT2D eigenvalue weighted by molar-refractivity contribution is -0.115. The molecular formula is C18H18N2O2S2. The van der Waals surface area contributed by atoms with Crippen LogP contribution in [0.15, 0.2) is 52.5 Å². The fourth-order valence-electron chi connectivity index (χ4n) is 2.14. The highest BCUT2D eigenvalue weighted by Gasteiger charge is 2.15. The second-order valence-corrected chi connectivity index (χ2v) is 7.62. The first-order chi connectivity index (χ1) is 11.6. The highest BCUT2D eigenvalue weighted by molar-refractivity contribution is 7.99. The predicted octanol–water partition coefficient (Wildman–Crippen LogP) is 4.97.